The molecule has 0 radical (unpaired) electrons. The number of rotatable bonds is 2. The molecule has 2 nitrogen and oxygen atoms in total. The quantitative estimate of drug-likeness (QED) is 0.365. The minimum Gasteiger partial charge on any atom is -0.544 e. The van der Waals surface area contributed by atoms with Crippen molar-refractivity contribution in [1.82, 2.24) is 0 Å². The Bertz CT molecular complexity index is 105. The molecule has 0 amide bonds. The molecule has 0 spiro atoms. The molecule has 0 aliphatic carbocycles. The maximum atomic E-state index is 11.2. The van der Waals surface area contributed by atoms with Crippen LogP contribution in [0, 0.1) is 0 Å². The number of hydrogen-bond acceptors (Lipinski definition) is 2. The SMILES string of the molecule is O=C([O-])C(F)(F)CF.[Li+]. The maximum absolute atomic E-state index is 11.2. The normalized spacial score (nSPS) is 10.1. The Labute approximate surface area is 61.2 Å². The molecule has 0 saturated heterocycles. The molecule has 0 aliphatic rings. The van der Waals surface area contributed by atoms with Crippen molar-refractivity contribution in [3.63, 3.8) is 0 Å². The van der Waals surface area contributed by atoms with E-state index in [0.717, 1.165) is 0 Å². The first kappa shape index (κ1) is 11.6. The summed E-state index contributed by atoms with van der Waals surface area (Å²) in [6, 6.07) is 0. The van der Waals surface area contributed by atoms with E-state index in [1.807, 2.05) is 0 Å². The van der Waals surface area contributed by atoms with Crippen LogP contribution in [0.4, 0.5) is 13.2 Å². The van der Waals surface area contributed by atoms with Crippen LogP contribution in [0.5, 0.6) is 0 Å². The summed E-state index contributed by atoms with van der Waals surface area (Å²) in [5, 5.41) is 9.15. The predicted octanol–water partition coefficient (Wildman–Crippen LogP) is -3.65. The Morgan fingerprint density at radius 3 is 1.89 bits per heavy atom. The molecule has 0 aromatic heterocycles. The van der Waals surface area contributed by atoms with Crippen LogP contribution in [0.1, 0.15) is 0 Å². The van der Waals surface area contributed by atoms with E-state index in [9.17, 15) is 13.2 Å². The van der Waals surface area contributed by atoms with E-state index in [-0.39, 0.29) is 18.9 Å². The second-order valence-electron chi connectivity index (χ2n) is 1.13. The molecule has 0 rings (SSSR count). The molecule has 0 unspecified atom stereocenters. The molecule has 0 atom stereocenters. The van der Waals surface area contributed by atoms with Crippen LogP contribution in [0.2, 0.25) is 0 Å². The number of halogens is 3. The van der Waals surface area contributed by atoms with Gasteiger partial charge in [0.15, 0.2) is 6.67 Å². The van der Waals surface area contributed by atoms with E-state index in [1.165, 1.54) is 0 Å². The smallest absolute Gasteiger partial charge is 0.544 e. The van der Waals surface area contributed by atoms with Crippen molar-refractivity contribution < 1.29 is 41.9 Å². The zero-order chi connectivity index (χ0) is 6.78. The molecule has 0 N–H and O–H groups in total. The van der Waals surface area contributed by atoms with Gasteiger partial charge in [-0.1, -0.05) is 0 Å². The average molecular weight is 134 g/mol. The fourth-order valence-corrected chi connectivity index (χ4v) is 0.0546. The Morgan fingerprint density at radius 2 is 1.89 bits per heavy atom. The second-order valence-corrected chi connectivity index (χ2v) is 1.13. The minimum atomic E-state index is -4.32. The van der Waals surface area contributed by atoms with Crippen molar-refractivity contribution in [1.29, 1.82) is 0 Å². The molecule has 0 aromatic carbocycles. The summed E-state index contributed by atoms with van der Waals surface area (Å²) in [5.74, 6) is -7.00. The second kappa shape index (κ2) is 3.80. The van der Waals surface area contributed by atoms with Gasteiger partial charge >= 0.3 is 24.8 Å². The number of carboxylic acids is 1. The van der Waals surface area contributed by atoms with Crippen molar-refractivity contribution >= 4 is 5.97 Å². The van der Waals surface area contributed by atoms with Gasteiger partial charge in [0, 0.05) is 0 Å². The number of aliphatic carboxylic acids is 1. The summed E-state index contributed by atoms with van der Waals surface area (Å²) in [4.78, 5) is 9.15. The molecule has 0 saturated carbocycles. The number of carboxylic acid groups (broad SMARTS) is 1. The third-order valence-corrected chi connectivity index (χ3v) is 0.466. The predicted molar refractivity (Wildman–Crippen MR) is 15.9 cm³/mol. The monoisotopic (exact) mass is 134 g/mol. The Hall–Kier alpha value is -0.143. The number of carbonyl (C=O) groups is 1. The Morgan fingerprint density at radius 1 is 1.56 bits per heavy atom. The van der Waals surface area contributed by atoms with Gasteiger partial charge < -0.3 is 9.90 Å². The summed E-state index contributed by atoms with van der Waals surface area (Å²) in [5.41, 5.74) is 0. The van der Waals surface area contributed by atoms with Crippen LogP contribution in [0.15, 0.2) is 0 Å². The molecule has 0 aliphatic heterocycles. The standard InChI is InChI=1S/C3H3F3O2.Li/c4-1-3(5,6)2(7)8;/h1H2,(H,7,8);/q;+1/p-1. The molecular formula is C3H2F3LiO2. The van der Waals surface area contributed by atoms with Crippen molar-refractivity contribution in [2.45, 2.75) is 5.92 Å². The minimum absolute atomic E-state index is 0. The summed E-state index contributed by atoms with van der Waals surface area (Å²) in [6.45, 7) is -2.21. The van der Waals surface area contributed by atoms with Crippen molar-refractivity contribution in [3.8, 4) is 0 Å². The van der Waals surface area contributed by atoms with E-state index < -0.39 is 18.6 Å². The van der Waals surface area contributed by atoms with Gasteiger partial charge in [-0.2, -0.15) is 8.78 Å². The van der Waals surface area contributed by atoms with Gasteiger partial charge in [-0.05, 0) is 0 Å². The third kappa shape index (κ3) is 3.44. The van der Waals surface area contributed by atoms with E-state index in [1.54, 1.807) is 0 Å². The molecule has 0 fully saturated rings. The Kier molecular flexibility index (Phi) is 4.91. The van der Waals surface area contributed by atoms with Gasteiger partial charge in [-0.3, -0.25) is 0 Å². The van der Waals surface area contributed by atoms with Crippen LogP contribution in [0.25, 0.3) is 0 Å². The van der Waals surface area contributed by atoms with Crippen molar-refractivity contribution in [2.75, 3.05) is 6.67 Å². The van der Waals surface area contributed by atoms with Crippen LogP contribution in [0.3, 0.4) is 0 Å². The summed E-state index contributed by atoms with van der Waals surface area (Å²) < 4.78 is 33.3. The first-order valence-corrected chi connectivity index (χ1v) is 1.66. The van der Waals surface area contributed by atoms with Crippen LogP contribution in [-0.2, 0) is 4.79 Å². The summed E-state index contributed by atoms with van der Waals surface area (Å²) >= 11 is 0. The topological polar surface area (TPSA) is 40.1 Å². The molecule has 0 aromatic rings. The van der Waals surface area contributed by atoms with Crippen molar-refractivity contribution in [3.05, 3.63) is 0 Å². The van der Waals surface area contributed by atoms with Gasteiger partial charge in [0.1, 0.15) is 5.97 Å². The van der Waals surface area contributed by atoms with E-state index in [0.29, 0.717) is 0 Å². The fraction of sp³-hybridized carbons (Fsp3) is 0.667. The van der Waals surface area contributed by atoms with E-state index in [4.69, 9.17) is 9.90 Å². The molecule has 48 valence electrons. The van der Waals surface area contributed by atoms with Crippen LogP contribution >= 0.6 is 0 Å². The van der Waals surface area contributed by atoms with Gasteiger partial charge in [-0.25, -0.2) is 4.39 Å². The van der Waals surface area contributed by atoms with E-state index >= 15 is 0 Å². The maximum Gasteiger partial charge on any atom is 1.00 e. The number of hydrogen-bond donors (Lipinski definition) is 0. The van der Waals surface area contributed by atoms with Gasteiger partial charge in [0.05, 0.1) is 0 Å². The van der Waals surface area contributed by atoms with Gasteiger partial charge in [0.25, 0.3) is 0 Å². The summed E-state index contributed by atoms with van der Waals surface area (Å²) in [6.07, 6.45) is 0. The zero-order valence-corrected chi connectivity index (χ0v) is 4.66. The van der Waals surface area contributed by atoms with E-state index in [2.05, 4.69) is 0 Å². The molecule has 0 heterocycles. The third-order valence-electron chi connectivity index (χ3n) is 0.466. The average Bonchev–Trinajstić information content (AvgIpc) is 1.67. The molecule has 9 heavy (non-hydrogen) atoms. The zero-order valence-electron chi connectivity index (χ0n) is 4.66. The number of alkyl halides is 3. The number of carbonyl (C=O) groups excluding carboxylic acids is 1. The van der Waals surface area contributed by atoms with Crippen LogP contribution < -0.4 is 24.0 Å². The fourth-order valence-electron chi connectivity index (χ4n) is 0.0546. The Balaban J connectivity index is 0. The molecule has 0 bridgehead atoms. The molecule has 6 heteroatoms. The van der Waals surface area contributed by atoms with Crippen LogP contribution in [-0.4, -0.2) is 18.6 Å². The first-order valence-electron chi connectivity index (χ1n) is 1.66. The molecular weight excluding hydrogens is 132 g/mol. The summed E-state index contributed by atoms with van der Waals surface area (Å²) in [7, 11) is 0. The van der Waals surface area contributed by atoms with Crippen molar-refractivity contribution in [2.24, 2.45) is 0 Å². The van der Waals surface area contributed by atoms with Gasteiger partial charge in [0.2, 0.25) is 0 Å². The van der Waals surface area contributed by atoms with Gasteiger partial charge in [-0.15, -0.1) is 0 Å². The first-order chi connectivity index (χ1) is 3.50. The largest absolute Gasteiger partial charge is 1.00 e.